The summed E-state index contributed by atoms with van der Waals surface area (Å²) in [7, 11) is 1.56. The van der Waals surface area contributed by atoms with Gasteiger partial charge in [-0.25, -0.2) is 4.79 Å². The van der Waals surface area contributed by atoms with E-state index < -0.39 is 17.7 Å². The number of nitrogens with one attached hydrogen (secondary N) is 2. The molecule has 0 fully saturated rings. The predicted molar refractivity (Wildman–Crippen MR) is 105 cm³/mol. The average molecular weight is 399 g/mol. The van der Waals surface area contributed by atoms with Crippen LogP contribution in [0.2, 0.25) is 0 Å². The van der Waals surface area contributed by atoms with Crippen LogP contribution in [0.1, 0.15) is 50.8 Å². The van der Waals surface area contributed by atoms with Gasteiger partial charge in [-0.2, -0.15) is 10.1 Å². The van der Waals surface area contributed by atoms with Crippen LogP contribution in [-0.2, 0) is 11.2 Å². The zero-order chi connectivity index (χ0) is 21.0. The van der Waals surface area contributed by atoms with Crippen molar-refractivity contribution in [3.8, 4) is 17.3 Å². The number of H-pyrrole nitrogens is 1. The Bertz CT molecular complexity index is 973. The molecule has 9 heteroatoms. The van der Waals surface area contributed by atoms with Gasteiger partial charge in [-0.05, 0) is 39.3 Å². The highest BCUT2D eigenvalue weighted by atomic mass is 16.6. The summed E-state index contributed by atoms with van der Waals surface area (Å²) < 4.78 is 16.2. The summed E-state index contributed by atoms with van der Waals surface area (Å²) in [4.78, 5) is 16.9. The third-order valence-electron chi connectivity index (χ3n) is 4.04. The number of aryl methyl sites for hydroxylation is 1. The number of carbonyl (C=O) groups is 1. The fraction of sp³-hybridized carbons (Fsp3) is 0.400. The molecule has 0 saturated heterocycles. The van der Waals surface area contributed by atoms with Gasteiger partial charge in [0.05, 0.1) is 7.11 Å². The van der Waals surface area contributed by atoms with E-state index in [-0.39, 0.29) is 11.7 Å². The van der Waals surface area contributed by atoms with E-state index in [2.05, 4.69) is 25.7 Å². The number of aromatic nitrogens is 4. The minimum absolute atomic E-state index is 0.252. The number of carbonyl (C=O) groups excluding carboxylic acids is 1. The Balaban J connectivity index is 1.96. The first-order chi connectivity index (χ1) is 13.8. The topological polar surface area (TPSA) is 115 Å². The monoisotopic (exact) mass is 399 g/mol. The van der Waals surface area contributed by atoms with Crippen LogP contribution in [0, 0.1) is 0 Å². The molecule has 0 aliphatic heterocycles. The molecule has 9 nitrogen and oxygen atoms in total. The van der Waals surface area contributed by atoms with E-state index in [9.17, 15) is 4.79 Å². The molecule has 0 saturated carbocycles. The Morgan fingerprint density at radius 1 is 1.31 bits per heavy atom. The van der Waals surface area contributed by atoms with Crippen molar-refractivity contribution < 1.29 is 18.8 Å². The van der Waals surface area contributed by atoms with E-state index in [4.69, 9.17) is 14.0 Å². The van der Waals surface area contributed by atoms with E-state index in [0.717, 1.165) is 12.1 Å². The largest absolute Gasteiger partial charge is 0.496 e. The Labute approximate surface area is 168 Å². The van der Waals surface area contributed by atoms with Gasteiger partial charge < -0.3 is 19.3 Å². The van der Waals surface area contributed by atoms with E-state index in [1.807, 2.05) is 31.2 Å². The van der Waals surface area contributed by atoms with Crippen molar-refractivity contribution in [2.75, 3.05) is 7.11 Å². The van der Waals surface area contributed by atoms with E-state index >= 15 is 0 Å². The molecule has 0 spiro atoms. The van der Waals surface area contributed by atoms with Gasteiger partial charge in [-0.15, -0.1) is 0 Å². The summed E-state index contributed by atoms with van der Waals surface area (Å²) >= 11 is 0. The third-order valence-corrected chi connectivity index (χ3v) is 4.04. The van der Waals surface area contributed by atoms with Crippen LogP contribution < -0.4 is 10.1 Å². The molecular weight excluding hydrogens is 374 g/mol. The first-order valence-corrected chi connectivity index (χ1v) is 9.31. The molecule has 0 aliphatic carbocycles. The minimum Gasteiger partial charge on any atom is -0.496 e. The van der Waals surface area contributed by atoms with Crippen molar-refractivity contribution in [3.63, 3.8) is 0 Å². The second-order valence-electron chi connectivity index (χ2n) is 7.41. The van der Waals surface area contributed by atoms with Gasteiger partial charge in [0, 0.05) is 11.3 Å². The van der Waals surface area contributed by atoms with Crippen LogP contribution in [0.25, 0.3) is 11.6 Å². The van der Waals surface area contributed by atoms with Crippen LogP contribution in [0.3, 0.4) is 0 Å². The number of nitrogens with zero attached hydrogens (tertiary/aromatic N) is 3. The van der Waals surface area contributed by atoms with Crippen LogP contribution in [0.4, 0.5) is 4.79 Å². The van der Waals surface area contributed by atoms with Gasteiger partial charge in [0.15, 0.2) is 11.5 Å². The first kappa shape index (κ1) is 20.4. The Morgan fingerprint density at radius 3 is 2.72 bits per heavy atom. The highest BCUT2D eigenvalue weighted by Gasteiger charge is 2.28. The zero-order valence-corrected chi connectivity index (χ0v) is 17.1. The highest BCUT2D eigenvalue weighted by Crippen LogP contribution is 2.30. The van der Waals surface area contributed by atoms with Gasteiger partial charge in [-0.1, -0.05) is 30.3 Å². The maximum Gasteiger partial charge on any atom is 0.408 e. The quantitative estimate of drug-likeness (QED) is 0.650. The molecule has 3 aromatic rings. The number of hydrogen-bond acceptors (Lipinski definition) is 7. The number of methoxy groups -OCH3 is 1. The van der Waals surface area contributed by atoms with E-state index in [1.54, 1.807) is 33.9 Å². The number of benzene rings is 1. The second-order valence-corrected chi connectivity index (χ2v) is 7.41. The number of amides is 1. The summed E-state index contributed by atoms with van der Waals surface area (Å²) in [6.07, 6.45) is 0.200. The molecule has 0 radical (unpaired) electrons. The predicted octanol–water partition coefficient (Wildman–Crippen LogP) is 3.64. The molecule has 1 aromatic carbocycles. The Kier molecular flexibility index (Phi) is 5.86. The van der Waals surface area contributed by atoms with E-state index in [1.165, 1.54) is 0 Å². The van der Waals surface area contributed by atoms with Crippen molar-refractivity contribution in [3.05, 3.63) is 47.4 Å². The van der Waals surface area contributed by atoms with Crippen LogP contribution in [-0.4, -0.2) is 39.1 Å². The Morgan fingerprint density at radius 2 is 2.07 bits per heavy atom. The molecule has 2 aromatic heterocycles. The molecule has 154 valence electrons. The maximum atomic E-state index is 12.5. The molecule has 2 N–H and O–H groups in total. The number of rotatable bonds is 6. The summed E-state index contributed by atoms with van der Waals surface area (Å²) in [6.45, 7) is 7.39. The molecule has 0 bridgehead atoms. The summed E-state index contributed by atoms with van der Waals surface area (Å²) in [6, 6.07) is 8.40. The number of aromatic amines is 1. The normalized spacial score (nSPS) is 12.4. The molecular formula is C20H25N5O4. The summed E-state index contributed by atoms with van der Waals surface area (Å²) in [5.74, 6) is 1.09. The van der Waals surface area contributed by atoms with Gasteiger partial charge in [-0.3, -0.25) is 5.10 Å². The molecule has 0 aliphatic rings. The number of hydrogen-bond donors (Lipinski definition) is 2. The van der Waals surface area contributed by atoms with Crippen molar-refractivity contribution in [2.24, 2.45) is 0 Å². The highest BCUT2D eigenvalue weighted by molar-refractivity contribution is 5.69. The lowest BCUT2D eigenvalue weighted by atomic mass is 10.1. The Hall–Kier alpha value is -3.36. The van der Waals surface area contributed by atoms with Gasteiger partial charge >= 0.3 is 6.09 Å². The SMILES string of the molecule is CCc1cc(-c2nc([C@@H](NC(=O)OC(C)(C)C)c3ccccc3OC)no2)n[nH]1. The summed E-state index contributed by atoms with van der Waals surface area (Å²) in [5.41, 5.74) is 1.51. The minimum atomic E-state index is -0.733. The van der Waals surface area contributed by atoms with Crippen molar-refractivity contribution in [2.45, 2.75) is 45.8 Å². The third kappa shape index (κ3) is 4.92. The van der Waals surface area contributed by atoms with Crippen molar-refractivity contribution in [1.29, 1.82) is 0 Å². The number of alkyl carbamates (subject to hydrolysis) is 1. The van der Waals surface area contributed by atoms with Crippen molar-refractivity contribution in [1.82, 2.24) is 25.7 Å². The second kappa shape index (κ2) is 8.34. The molecule has 3 rings (SSSR count). The van der Waals surface area contributed by atoms with Gasteiger partial charge in [0.25, 0.3) is 5.89 Å². The van der Waals surface area contributed by atoms with Crippen molar-refractivity contribution >= 4 is 6.09 Å². The lowest BCUT2D eigenvalue weighted by Gasteiger charge is -2.23. The fourth-order valence-corrected chi connectivity index (χ4v) is 2.72. The zero-order valence-electron chi connectivity index (χ0n) is 17.1. The molecule has 1 amide bonds. The molecule has 1 atom stereocenters. The van der Waals surface area contributed by atoms with Crippen LogP contribution in [0.5, 0.6) is 5.75 Å². The van der Waals surface area contributed by atoms with E-state index in [0.29, 0.717) is 17.0 Å². The molecule has 0 unspecified atom stereocenters. The smallest absolute Gasteiger partial charge is 0.408 e. The lowest BCUT2D eigenvalue weighted by molar-refractivity contribution is 0.0509. The van der Waals surface area contributed by atoms with Crippen LogP contribution >= 0.6 is 0 Å². The maximum absolute atomic E-state index is 12.5. The molecule has 2 heterocycles. The molecule has 29 heavy (non-hydrogen) atoms. The summed E-state index contributed by atoms with van der Waals surface area (Å²) in [5, 5.41) is 14.0. The lowest BCUT2D eigenvalue weighted by Crippen LogP contribution is -2.36. The number of ether oxygens (including phenoxy) is 2. The van der Waals surface area contributed by atoms with Gasteiger partial charge in [0.2, 0.25) is 0 Å². The standard InChI is InChI=1S/C20H25N5O4/c1-6-12-11-14(24-23-12)18-22-17(25-29-18)16(21-19(26)28-20(2,3)4)13-9-7-8-10-15(13)27-5/h7-11,16H,6H2,1-5H3,(H,21,26)(H,23,24)/t16-/m0/s1. The average Bonchev–Trinajstić information content (AvgIpc) is 3.34. The van der Waals surface area contributed by atoms with Crippen LogP contribution in [0.15, 0.2) is 34.9 Å². The first-order valence-electron chi connectivity index (χ1n) is 9.31. The van der Waals surface area contributed by atoms with Gasteiger partial charge in [0.1, 0.15) is 17.4 Å². The number of para-hydroxylation sites is 1. The fourth-order valence-electron chi connectivity index (χ4n) is 2.72.